The van der Waals surface area contributed by atoms with Gasteiger partial charge in [0.15, 0.2) is 17.6 Å². The summed E-state index contributed by atoms with van der Waals surface area (Å²) >= 11 is 6.06. The third-order valence-corrected chi connectivity index (χ3v) is 3.26. The highest BCUT2D eigenvalue weighted by atomic mass is 35.5. The molecule has 1 aromatic rings. The van der Waals surface area contributed by atoms with Crippen molar-refractivity contribution < 1.29 is 19.1 Å². The molecule has 1 aliphatic carbocycles. The summed E-state index contributed by atoms with van der Waals surface area (Å²) in [6.45, 7) is 1.64. The highest BCUT2D eigenvalue weighted by molar-refractivity contribution is 6.32. The fourth-order valence-corrected chi connectivity index (χ4v) is 1.96. The molecule has 0 saturated heterocycles. The summed E-state index contributed by atoms with van der Waals surface area (Å²) in [4.78, 5) is 22.6. The lowest BCUT2D eigenvalue weighted by Gasteiger charge is -2.18. The molecule has 0 heterocycles. The number of benzene rings is 1. The number of aldehydes is 1. The Balaban J connectivity index is 2.14. The van der Waals surface area contributed by atoms with Gasteiger partial charge in [-0.25, -0.2) is 0 Å². The van der Waals surface area contributed by atoms with Crippen LogP contribution in [-0.4, -0.2) is 31.4 Å². The van der Waals surface area contributed by atoms with Crippen LogP contribution in [0, 0.1) is 0 Å². The predicted molar refractivity (Wildman–Crippen MR) is 74.6 cm³/mol. The third-order valence-electron chi connectivity index (χ3n) is 2.98. The molecule has 0 spiro atoms. The van der Waals surface area contributed by atoms with Crippen LogP contribution in [0.1, 0.15) is 30.1 Å². The molecular weight excluding hydrogens is 282 g/mol. The lowest BCUT2D eigenvalue weighted by Crippen LogP contribution is -2.37. The van der Waals surface area contributed by atoms with Crippen LogP contribution in [0.4, 0.5) is 0 Å². The second-order valence-corrected chi connectivity index (χ2v) is 5.10. The summed E-state index contributed by atoms with van der Waals surface area (Å²) in [5.74, 6) is 0.397. The minimum absolute atomic E-state index is 0.190. The quantitative estimate of drug-likeness (QED) is 0.818. The molecule has 0 bridgehead atoms. The van der Waals surface area contributed by atoms with Crippen LogP contribution >= 0.6 is 11.6 Å². The number of nitrogens with one attached hydrogen (secondary N) is 1. The lowest BCUT2D eigenvalue weighted by molar-refractivity contribution is -0.127. The highest BCUT2D eigenvalue weighted by Gasteiger charge is 2.27. The Morgan fingerprint density at radius 1 is 1.50 bits per heavy atom. The SMILES string of the molecule is COc1cc(C=O)cc(Cl)c1OC(C)C(=O)NC1CC1. The Morgan fingerprint density at radius 3 is 2.75 bits per heavy atom. The molecule has 1 saturated carbocycles. The maximum absolute atomic E-state index is 11.9. The monoisotopic (exact) mass is 297 g/mol. The molecule has 20 heavy (non-hydrogen) atoms. The van der Waals surface area contributed by atoms with Crippen molar-refractivity contribution in [1.82, 2.24) is 5.32 Å². The molecule has 2 rings (SSSR count). The van der Waals surface area contributed by atoms with Gasteiger partial charge in [0.1, 0.15) is 6.29 Å². The van der Waals surface area contributed by atoms with E-state index in [-0.39, 0.29) is 22.7 Å². The van der Waals surface area contributed by atoms with Crippen LogP contribution in [0.3, 0.4) is 0 Å². The summed E-state index contributed by atoms with van der Waals surface area (Å²) in [5, 5.41) is 3.08. The molecule has 1 atom stereocenters. The number of halogens is 1. The van der Waals surface area contributed by atoms with Crippen molar-refractivity contribution in [2.75, 3.05) is 7.11 Å². The van der Waals surface area contributed by atoms with E-state index in [1.165, 1.54) is 19.2 Å². The van der Waals surface area contributed by atoms with Gasteiger partial charge >= 0.3 is 0 Å². The normalized spacial score (nSPS) is 15.3. The number of ether oxygens (including phenoxy) is 2. The topological polar surface area (TPSA) is 64.6 Å². The average molecular weight is 298 g/mol. The van der Waals surface area contributed by atoms with Crippen molar-refractivity contribution in [1.29, 1.82) is 0 Å². The van der Waals surface area contributed by atoms with Gasteiger partial charge in [-0.05, 0) is 31.9 Å². The molecule has 1 N–H and O–H groups in total. The molecule has 1 fully saturated rings. The van der Waals surface area contributed by atoms with Crippen LogP contribution in [0.2, 0.25) is 5.02 Å². The van der Waals surface area contributed by atoms with Crippen LogP contribution < -0.4 is 14.8 Å². The smallest absolute Gasteiger partial charge is 0.260 e. The number of carbonyl (C=O) groups is 2. The predicted octanol–water partition coefficient (Wildman–Crippen LogP) is 2.21. The van der Waals surface area contributed by atoms with Gasteiger partial charge in [0.25, 0.3) is 5.91 Å². The minimum Gasteiger partial charge on any atom is -0.493 e. The van der Waals surface area contributed by atoms with Gasteiger partial charge in [-0.3, -0.25) is 9.59 Å². The van der Waals surface area contributed by atoms with E-state index in [0.717, 1.165) is 12.8 Å². The largest absolute Gasteiger partial charge is 0.493 e. The fraction of sp³-hybridized carbons (Fsp3) is 0.429. The van der Waals surface area contributed by atoms with Crippen LogP contribution in [0.5, 0.6) is 11.5 Å². The summed E-state index contributed by atoms with van der Waals surface area (Å²) in [6.07, 6.45) is 2.00. The second-order valence-electron chi connectivity index (χ2n) is 4.69. The maximum Gasteiger partial charge on any atom is 0.260 e. The van der Waals surface area contributed by atoms with Crippen molar-refractivity contribution in [2.45, 2.75) is 31.9 Å². The zero-order chi connectivity index (χ0) is 14.7. The Kier molecular flexibility index (Phi) is 4.49. The van der Waals surface area contributed by atoms with E-state index >= 15 is 0 Å². The van der Waals surface area contributed by atoms with Crippen LogP contribution in [-0.2, 0) is 4.79 Å². The minimum atomic E-state index is -0.691. The highest BCUT2D eigenvalue weighted by Crippen LogP contribution is 2.36. The summed E-state index contributed by atoms with van der Waals surface area (Å²) in [5.41, 5.74) is 0.384. The first kappa shape index (κ1) is 14.7. The van der Waals surface area contributed by atoms with E-state index in [4.69, 9.17) is 21.1 Å². The van der Waals surface area contributed by atoms with E-state index in [9.17, 15) is 9.59 Å². The molecule has 6 heteroatoms. The van der Waals surface area contributed by atoms with Crippen molar-refractivity contribution >= 4 is 23.8 Å². The Bertz CT molecular complexity index is 528. The van der Waals surface area contributed by atoms with Crippen molar-refractivity contribution in [3.63, 3.8) is 0 Å². The first-order valence-electron chi connectivity index (χ1n) is 6.35. The standard InChI is InChI=1S/C14H16ClNO4/c1-8(14(18)16-10-3-4-10)20-13-11(15)5-9(7-17)6-12(13)19-2/h5-8,10H,3-4H2,1-2H3,(H,16,18). The van der Waals surface area contributed by atoms with E-state index in [2.05, 4.69) is 5.32 Å². The van der Waals surface area contributed by atoms with Crippen molar-refractivity contribution in [2.24, 2.45) is 0 Å². The average Bonchev–Trinajstić information content (AvgIpc) is 3.24. The van der Waals surface area contributed by atoms with Gasteiger partial charge in [-0.1, -0.05) is 11.6 Å². The molecule has 1 aliphatic rings. The number of hydrogen-bond acceptors (Lipinski definition) is 4. The van der Waals surface area contributed by atoms with E-state index in [1.54, 1.807) is 6.92 Å². The van der Waals surface area contributed by atoms with Gasteiger partial charge < -0.3 is 14.8 Å². The molecule has 1 aromatic carbocycles. The van der Waals surface area contributed by atoms with Crippen LogP contribution in [0.25, 0.3) is 0 Å². The Morgan fingerprint density at radius 2 is 2.20 bits per heavy atom. The summed E-state index contributed by atoms with van der Waals surface area (Å²) in [6, 6.07) is 3.25. The molecule has 108 valence electrons. The Hall–Kier alpha value is -1.75. The summed E-state index contributed by atoms with van der Waals surface area (Å²) in [7, 11) is 1.45. The fourth-order valence-electron chi connectivity index (χ4n) is 1.70. The molecular formula is C14H16ClNO4. The van der Waals surface area contributed by atoms with Crippen LogP contribution in [0.15, 0.2) is 12.1 Å². The van der Waals surface area contributed by atoms with E-state index in [1.807, 2.05) is 0 Å². The van der Waals surface area contributed by atoms with Gasteiger partial charge in [0, 0.05) is 11.6 Å². The van der Waals surface area contributed by atoms with Gasteiger partial charge in [0.2, 0.25) is 0 Å². The number of hydrogen-bond donors (Lipinski definition) is 1. The molecule has 1 unspecified atom stereocenters. The summed E-state index contributed by atoms with van der Waals surface area (Å²) < 4.78 is 10.7. The number of amides is 1. The molecule has 0 aliphatic heterocycles. The molecule has 5 nitrogen and oxygen atoms in total. The molecule has 1 amide bonds. The van der Waals surface area contributed by atoms with Gasteiger partial charge in [-0.15, -0.1) is 0 Å². The van der Waals surface area contributed by atoms with Crippen molar-refractivity contribution in [3.05, 3.63) is 22.7 Å². The first-order valence-corrected chi connectivity index (χ1v) is 6.72. The maximum atomic E-state index is 11.9. The Labute approximate surface area is 122 Å². The van der Waals surface area contributed by atoms with Gasteiger partial charge in [-0.2, -0.15) is 0 Å². The van der Waals surface area contributed by atoms with E-state index < -0.39 is 6.10 Å². The zero-order valence-electron chi connectivity index (χ0n) is 11.3. The lowest BCUT2D eigenvalue weighted by atomic mass is 10.2. The first-order chi connectivity index (χ1) is 9.55. The molecule has 0 aromatic heterocycles. The third kappa shape index (κ3) is 3.42. The van der Waals surface area contributed by atoms with Gasteiger partial charge in [0.05, 0.1) is 12.1 Å². The zero-order valence-corrected chi connectivity index (χ0v) is 12.1. The van der Waals surface area contributed by atoms with E-state index in [0.29, 0.717) is 17.6 Å². The number of methoxy groups -OCH3 is 1. The molecule has 0 radical (unpaired) electrons. The van der Waals surface area contributed by atoms with Crippen molar-refractivity contribution in [3.8, 4) is 11.5 Å². The second kappa shape index (κ2) is 6.13. The number of carbonyl (C=O) groups excluding carboxylic acids is 2. The number of rotatable bonds is 6.